The van der Waals surface area contributed by atoms with Crippen LogP contribution in [0, 0.1) is 6.92 Å². The van der Waals surface area contributed by atoms with Crippen molar-refractivity contribution >= 4 is 23.6 Å². The van der Waals surface area contributed by atoms with E-state index in [4.69, 9.17) is 4.74 Å². The van der Waals surface area contributed by atoms with Crippen LogP contribution in [-0.2, 0) is 33.8 Å². The van der Waals surface area contributed by atoms with Gasteiger partial charge in [-0.2, -0.15) is 0 Å². The molecule has 2 aromatic carbocycles. The van der Waals surface area contributed by atoms with Crippen molar-refractivity contribution in [1.29, 1.82) is 0 Å². The summed E-state index contributed by atoms with van der Waals surface area (Å²) in [4.78, 5) is 53.3. The monoisotopic (exact) mass is 504 g/mol. The summed E-state index contributed by atoms with van der Waals surface area (Å²) in [6, 6.07) is 10.7. The fraction of sp³-hybridized carbons (Fsp3) is 0.429. The maximum Gasteiger partial charge on any atom is 0.255 e. The smallest absolute Gasteiger partial charge is 0.255 e. The highest BCUT2D eigenvalue weighted by Gasteiger charge is 2.39. The van der Waals surface area contributed by atoms with E-state index in [1.165, 1.54) is 10.5 Å². The van der Waals surface area contributed by atoms with Crippen LogP contribution in [0.25, 0.3) is 0 Å². The van der Waals surface area contributed by atoms with Crippen LogP contribution in [0.1, 0.15) is 55.8 Å². The van der Waals surface area contributed by atoms with Gasteiger partial charge in [0.25, 0.3) is 11.8 Å². The molecular weight excluding hydrogens is 472 g/mol. The Morgan fingerprint density at radius 1 is 1.11 bits per heavy atom. The molecule has 2 aromatic rings. The van der Waals surface area contributed by atoms with E-state index >= 15 is 0 Å². The normalized spacial score (nSPS) is 20.1. The lowest BCUT2D eigenvalue weighted by Crippen LogP contribution is -2.52. The SMILES string of the molecule is Cc1cc(C(=O)NCc2ccc3c(c2)CN(C2CCC(=O)NC2=O)C3=O)ccc1CCN1CCOCC1. The summed E-state index contributed by atoms with van der Waals surface area (Å²) >= 11 is 0. The number of benzene rings is 2. The molecule has 1 unspecified atom stereocenters. The van der Waals surface area contributed by atoms with Gasteiger partial charge < -0.3 is 15.0 Å². The topological polar surface area (TPSA) is 108 Å². The number of rotatable bonds is 7. The third kappa shape index (κ3) is 5.57. The first kappa shape index (κ1) is 25.1. The lowest BCUT2D eigenvalue weighted by molar-refractivity contribution is -0.136. The first-order valence-electron chi connectivity index (χ1n) is 12.8. The number of morpholine rings is 1. The van der Waals surface area contributed by atoms with Crippen LogP contribution in [-0.4, -0.2) is 72.3 Å². The zero-order chi connectivity index (χ0) is 25.9. The zero-order valence-electron chi connectivity index (χ0n) is 21.0. The van der Waals surface area contributed by atoms with Gasteiger partial charge in [0.2, 0.25) is 11.8 Å². The van der Waals surface area contributed by atoms with E-state index in [0.29, 0.717) is 30.6 Å². The molecular formula is C28H32N4O5. The Bertz CT molecular complexity index is 1240. The van der Waals surface area contributed by atoms with E-state index in [9.17, 15) is 19.2 Å². The number of carbonyl (C=O) groups is 4. The second kappa shape index (κ2) is 10.8. The standard InChI is InChI=1S/C28H32N4O5/c1-18-14-21(4-3-20(18)8-9-31-10-12-37-13-11-31)26(34)29-16-19-2-5-23-22(15-19)17-32(28(23)36)24-6-7-25(33)30-27(24)35/h2-5,14-15,24H,6-13,16-17H2,1H3,(H,29,34)(H,30,33,35). The first-order chi connectivity index (χ1) is 17.9. The number of ether oxygens (including phenoxy) is 1. The van der Waals surface area contributed by atoms with Crippen molar-refractivity contribution < 1.29 is 23.9 Å². The van der Waals surface area contributed by atoms with Gasteiger partial charge in [-0.1, -0.05) is 18.2 Å². The number of amides is 4. The molecule has 0 radical (unpaired) electrons. The summed E-state index contributed by atoms with van der Waals surface area (Å²) in [5.74, 6) is -1.08. The first-order valence-corrected chi connectivity index (χ1v) is 12.8. The van der Waals surface area contributed by atoms with Crippen molar-refractivity contribution in [1.82, 2.24) is 20.4 Å². The summed E-state index contributed by atoms with van der Waals surface area (Å²) in [7, 11) is 0. The Balaban J connectivity index is 1.17. The molecule has 9 heteroatoms. The molecule has 4 amide bonds. The maximum atomic E-state index is 12.9. The van der Waals surface area contributed by atoms with Crippen LogP contribution in [0.15, 0.2) is 36.4 Å². The molecule has 0 saturated carbocycles. The molecule has 3 heterocycles. The number of hydrogen-bond acceptors (Lipinski definition) is 6. The van der Waals surface area contributed by atoms with Crippen LogP contribution in [0.4, 0.5) is 0 Å². The van der Waals surface area contributed by atoms with Gasteiger partial charge in [-0.3, -0.25) is 29.4 Å². The fourth-order valence-corrected chi connectivity index (χ4v) is 5.24. The van der Waals surface area contributed by atoms with Crippen LogP contribution in [0.3, 0.4) is 0 Å². The van der Waals surface area contributed by atoms with Gasteiger partial charge >= 0.3 is 0 Å². The number of aryl methyl sites for hydroxylation is 1. The van der Waals surface area contributed by atoms with Crippen LogP contribution >= 0.6 is 0 Å². The van der Waals surface area contributed by atoms with Gasteiger partial charge in [-0.05, 0) is 60.2 Å². The van der Waals surface area contributed by atoms with E-state index in [1.807, 2.05) is 37.3 Å². The van der Waals surface area contributed by atoms with E-state index in [0.717, 1.165) is 56.0 Å². The number of nitrogens with one attached hydrogen (secondary N) is 2. The summed E-state index contributed by atoms with van der Waals surface area (Å²) in [5, 5.41) is 5.29. The van der Waals surface area contributed by atoms with E-state index in [1.54, 1.807) is 6.07 Å². The number of carbonyl (C=O) groups excluding carboxylic acids is 4. The van der Waals surface area contributed by atoms with Gasteiger partial charge in [0, 0.05) is 50.3 Å². The largest absolute Gasteiger partial charge is 0.379 e. The lowest BCUT2D eigenvalue weighted by Gasteiger charge is -2.29. The van der Waals surface area contributed by atoms with Gasteiger partial charge in [0.05, 0.1) is 13.2 Å². The predicted octanol–water partition coefficient (Wildman–Crippen LogP) is 1.56. The Morgan fingerprint density at radius 3 is 2.68 bits per heavy atom. The van der Waals surface area contributed by atoms with Crippen molar-refractivity contribution in [2.75, 3.05) is 32.8 Å². The molecule has 0 bridgehead atoms. The molecule has 37 heavy (non-hydrogen) atoms. The average molecular weight is 505 g/mol. The molecule has 3 aliphatic rings. The highest BCUT2D eigenvalue weighted by Crippen LogP contribution is 2.28. The minimum atomic E-state index is -0.638. The van der Waals surface area contributed by atoms with Gasteiger partial charge in [-0.25, -0.2) is 0 Å². The summed E-state index contributed by atoms with van der Waals surface area (Å²) in [6.45, 7) is 7.17. The third-order valence-corrected chi connectivity index (χ3v) is 7.45. The summed E-state index contributed by atoms with van der Waals surface area (Å²) < 4.78 is 5.41. The van der Waals surface area contributed by atoms with Crippen molar-refractivity contribution in [3.05, 3.63) is 69.8 Å². The zero-order valence-corrected chi connectivity index (χ0v) is 21.0. The second-order valence-electron chi connectivity index (χ2n) is 9.92. The van der Waals surface area contributed by atoms with Crippen molar-refractivity contribution in [3.63, 3.8) is 0 Å². The van der Waals surface area contributed by atoms with E-state index in [2.05, 4.69) is 15.5 Å². The molecule has 2 saturated heterocycles. The Morgan fingerprint density at radius 2 is 1.92 bits per heavy atom. The molecule has 2 fully saturated rings. The Labute approximate surface area is 216 Å². The Kier molecular flexibility index (Phi) is 7.34. The number of nitrogens with zero attached hydrogens (tertiary/aromatic N) is 2. The summed E-state index contributed by atoms with van der Waals surface area (Å²) in [5.41, 5.74) is 5.22. The number of piperidine rings is 1. The molecule has 9 nitrogen and oxygen atoms in total. The predicted molar refractivity (Wildman–Crippen MR) is 136 cm³/mol. The molecule has 2 N–H and O–H groups in total. The highest BCUT2D eigenvalue weighted by atomic mass is 16.5. The van der Waals surface area contributed by atoms with Crippen LogP contribution in [0.5, 0.6) is 0 Å². The van der Waals surface area contributed by atoms with Crippen molar-refractivity contribution in [2.24, 2.45) is 0 Å². The minimum Gasteiger partial charge on any atom is -0.379 e. The summed E-state index contributed by atoms with van der Waals surface area (Å²) in [6.07, 6.45) is 1.50. The van der Waals surface area contributed by atoms with Gasteiger partial charge in [0.1, 0.15) is 6.04 Å². The van der Waals surface area contributed by atoms with Gasteiger partial charge in [0.15, 0.2) is 0 Å². The quantitative estimate of drug-likeness (QED) is 0.554. The van der Waals surface area contributed by atoms with E-state index in [-0.39, 0.29) is 24.1 Å². The highest BCUT2D eigenvalue weighted by molar-refractivity contribution is 6.05. The minimum absolute atomic E-state index is 0.149. The van der Waals surface area contributed by atoms with Crippen LogP contribution in [0.2, 0.25) is 0 Å². The lowest BCUT2D eigenvalue weighted by atomic mass is 10.0. The van der Waals surface area contributed by atoms with Crippen molar-refractivity contribution in [3.8, 4) is 0 Å². The molecule has 1 atom stereocenters. The average Bonchev–Trinajstić information content (AvgIpc) is 3.22. The number of imide groups is 1. The van der Waals surface area contributed by atoms with E-state index < -0.39 is 11.9 Å². The van der Waals surface area contributed by atoms with Gasteiger partial charge in [-0.15, -0.1) is 0 Å². The second-order valence-corrected chi connectivity index (χ2v) is 9.92. The molecule has 0 spiro atoms. The van der Waals surface area contributed by atoms with Crippen molar-refractivity contribution in [2.45, 2.75) is 45.3 Å². The number of hydrogen-bond donors (Lipinski definition) is 2. The maximum absolute atomic E-state index is 12.9. The third-order valence-electron chi connectivity index (χ3n) is 7.45. The van der Waals surface area contributed by atoms with Crippen LogP contribution < -0.4 is 10.6 Å². The molecule has 5 rings (SSSR count). The number of fused-ring (bicyclic) bond motifs is 1. The fourth-order valence-electron chi connectivity index (χ4n) is 5.24. The molecule has 3 aliphatic heterocycles. The molecule has 0 aliphatic carbocycles. The Hall–Kier alpha value is -3.56. The molecule has 0 aromatic heterocycles. The molecule has 194 valence electrons.